The van der Waals surface area contributed by atoms with Crippen molar-refractivity contribution in [1.82, 2.24) is 4.90 Å². The Hall–Kier alpha value is -3.91. The molecular weight excluding hydrogens is 534 g/mol. The van der Waals surface area contributed by atoms with Crippen LogP contribution in [0, 0.1) is 0 Å². The molecule has 37 heavy (non-hydrogen) atoms. The molecule has 1 N–H and O–H groups in total. The average Bonchev–Trinajstić information content (AvgIpc) is 2.92. The lowest BCUT2D eigenvalue weighted by Gasteiger charge is -2.36. The number of hydrogen-bond acceptors (Lipinski definition) is 5. The van der Waals surface area contributed by atoms with Gasteiger partial charge in [-0.1, -0.05) is 34.1 Å². The van der Waals surface area contributed by atoms with Gasteiger partial charge in [0.05, 0.1) is 7.11 Å². The number of Topliss-reactive ketones (excluding diaryl/α,β-unsaturated/α-hetero) is 1. The van der Waals surface area contributed by atoms with E-state index >= 15 is 0 Å². The highest BCUT2D eigenvalue weighted by Crippen LogP contribution is 2.27. The van der Waals surface area contributed by atoms with Crippen molar-refractivity contribution in [2.24, 2.45) is 0 Å². The number of anilines is 2. The number of piperazine rings is 1. The van der Waals surface area contributed by atoms with Gasteiger partial charge < -0.3 is 19.9 Å². The summed E-state index contributed by atoms with van der Waals surface area (Å²) in [7, 11) is 1.55. The van der Waals surface area contributed by atoms with E-state index in [1.165, 1.54) is 0 Å². The smallest absolute Gasteiger partial charge is 0.261 e. The number of ether oxygens (including phenoxy) is 1. The van der Waals surface area contributed by atoms with Crippen LogP contribution in [0.4, 0.5) is 11.4 Å². The number of benzene rings is 3. The SMILES string of the molecule is COc1ccc(Br)cc1/C=C(\C(=O)Nc1ccccc1)C(=O)N1CCN(c2ccc(C(C)=O)cc2)CC1. The van der Waals surface area contributed by atoms with Crippen LogP contribution in [0.3, 0.4) is 0 Å². The third-order valence-electron chi connectivity index (χ3n) is 6.20. The Morgan fingerprint density at radius 3 is 2.22 bits per heavy atom. The number of para-hydroxylation sites is 1. The van der Waals surface area contributed by atoms with Gasteiger partial charge in [0.2, 0.25) is 0 Å². The molecule has 8 heteroatoms. The Morgan fingerprint density at radius 2 is 1.59 bits per heavy atom. The molecule has 0 aliphatic carbocycles. The summed E-state index contributed by atoms with van der Waals surface area (Å²) in [5, 5.41) is 2.84. The Kier molecular flexibility index (Phi) is 8.40. The number of carbonyl (C=O) groups excluding carboxylic acids is 3. The summed E-state index contributed by atoms with van der Waals surface area (Å²) in [6.07, 6.45) is 1.58. The zero-order valence-electron chi connectivity index (χ0n) is 20.7. The molecule has 0 aromatic heterocycles. The van der Waals surface area contributed by atoms with Gasteiger partial charge in [0.25, 0.3) is 11.8 Å². The predicted octanol–water partition coefficient (Wildman–Crippen LogP) is 5.03. The first-order valence-corrected chi connectivity index (χ1v) is 12.7. The molecule has 1 saturated heterocycles. The van der Waals surface area contributed by atoms with Crippen molar-refractivity contribution in [2.75, 3.05) is 43.5 Å². The Balaban J connectivity index is 1.56. The van der Waals surface area contributed by atoms with E-state index in [-0.39, 0.29) is 17.3 Å². The topological polar surface area (TPSA) is 79.0 Å². The van der Waals surface area contributed by atoms with Crippen LogP contribution in [-0.4, -0.2) is 55.8 Å². The second-order valence-electron chi connectivity index (χ2n) is 8.65. The molecule has 0 radical (unpaired) electrons. The second-order valence-corrected chi connectivity index (χ2v) is 9.56. The molecule has 0 unspecified atom stereocenters. The standard InChI is InChI=1S/C29H28BrN3O4/c1-20(34)21-8-11-25(12-9-21)32-14-16-33(17-15-32)29(36)26(28(35)31-24-6-4-3-5-7-24)19-22-18-23(30)10-13-27(22)37-2/h3-13,18-19H,14-17H2,1-2H3,(H,31,35)/b26-19+. The van der Waals surface area contributed by atoms with Gasteiger partial charge in [0.1, 0.15) is 11.3 Å². The minimum atomic E-state index is -0.486. The molecule has 0 bridgehead atoms. The summed E-state index contributed by atoms with van der Waals surface area (Å²) in [5.74, 6) is -0.250. The molecule has 4 rings (SSSR count). The van der Waals surface area contributed by atoms with E-state index in [4.69, 9.17) is 4.74 Å². The van der Waals surface area contributed by atoms with Crippen molar-refractivity contribution in [3.05, 3.63) is 94.0 Å². The van der Waals surface area contributed by atoms with Gasteiger partial charge in [-0.05, 0) is 67.6 Å². The zero-order valence-corrected chi connectivity index (χ0v) is 22.3. The van der Waals surface area contributed by atoms with E-state index in [0.717, 1.165) is 10.2 Å². The number of halogens is 1. The fourth-order valence-electron chi connectivity index (χ4n) is 4.16. The predicted molar refractivity (Wildman–Crippen MR) is 149 cm³/mol. The first-order valence-electron chi connectivity index (χ1n) is 11.9. The van der Waals surface area contributed by atoms with Crippen molar-refractivity contribution in [3.63, 3.8) is 0 Å². The Bertz CT molecular complexity index is 1310. The van der Waals surface area contributed by atoms with E-state index in [1.807, 2.05) is 54.6 Å². The van der Waals surface area contributed by atoms with Crippen LogP contribution >= 0.6 is 15.9 Å². The van der Waals surface area contributed by atoms with E-state index in [1.54, 1.807) is 43.2 Å². The lowest BCUT2D eigenvalue weighted by molar-refractivity contribution is -0.129. The van der Waals surface area contributed by atoms with E-state index in [0.29, 0.717) is 48.7 Å². The number of amides is 2. The maximum absolute atomic E-state index is 13.7. The summed E-state index contributed by atoms with van der Waals surface area (Å²) in [6, 6.07) is 21.9. The summed E-state index contributed by atoms with van der Waals surface area (Å²) in [5.41, 5.74) is 2.91. The van der Waals surface area contributed by atoms with Crippen molar-refractivity contribution >= 4 is 51.0 Å². The number of carbonyl (C=O) groups is 3. The van der Waals surface area contributed by atoms with Crippen molar-refractivity contribution in [1.29, 1.82) is 0 Å². The van der Waals surface area contributed by atoms with E-state index < -0.39 is 5.91 Å². The molecular formula is C29H28BrN3O4. The molecule has 1 fully saturated rings. The largest absolute Gasteiger partial charge is 0.496 e. The number of methoxy groups -OCH3 is 1. The van der Waals surface area contributed by atoms with Crippen molar-refractivity contribution < 1.29 is 19.1 Å². The maximum Gasteiger partial charge on any atom is 0.261 e. The second kappa shape index (κ2) is 11.9. The van der Waals surface area contributed by atoms with Crippen LogP contribution in [0.1, 0.15) is 22.8 Å². The number of rotatable bonds is 7. The van der Waals surface area contributed by atoms with E-state index in [2.05, 4.69) is 26.1 Å². The first kappa shape index (κ1) is 26.2. The zero-order chi connectivity index (χ0) is 26.4. The number of hydrogen-bond donors (Lipinski definition) is 1. The normalized spacial score (nSPS) is 13.8. The minimum absolute atomic E-state index is 0.0251. The monoisotopic (exact) mass is 561 g/mol. The van der Waals surface area contributed by atoms with Crippen LogP contribution in [-0.2, 0) is 9.59 Å². The fraction of sp³-hybridized carbons (Fsp3) is 0.207. The van der Waals surface area contributed by atoms with Crippen LogP contribution < -0.4 is 15.0 Å². The molecule has 1 aliphatic rings. The molecule has 2 amide bonds. The number of nitrogens with zero attached hydrogens (tertiary/aromatic N) is 2. The highest BCUT2D eigenvalue weighted by atomic mass is 79.9. The molecule has 0 saturated carbocycles. The molecule has 3 aromatic carbocycles. The molecule has 190 valence electrons. The molecule has 1 aliphatic heterocycles. The van der Waals surface area contributed by atoms with Gasteiger partial charge in [0.15, 0.2) is 5.78 Å². The number of ketones is 1. The summed E-state index contributed by atoms with van der Waals surface area (Å²) < 4.78 is 6.27. The van der Waals surface area contributed by atoms with Gasteiger partial charge >= 0.3 is 0 Å². The van der Waals surface area contributed by atoms with Gasteiger partial charge in [-0.3, -0.25) is 14.4 Å². The maximum atomic E-state index is 13.7. The van der Waals surface area contributed by atoms with Crippen LogP contribution in [0.15, 0.2) is 82.8 Å². The fourth-order valence-corrected chi connectivity index (χ4v) is 4.54. The summed E-state index contributed by atoms with van der Waals surface area (Å²) in [6.45, 7) is 3.68. The Morgan fingerprint density at radius 1 is 0.919 bits per heavy atom. The summed E-state index contributed by atoms with van der Waals surface area (Å²) >= 11 is 3.46. The van der Waals surface area contributed by atoms with Crippen molar-refractivity contribution in [3.8, 4) is 5.75 Å². The first-order chi connectivity index (χ1) is 17.9. The number of nitrogens with one attached hydrogen (secondary N) is 1. The molecule has 7 nitrogen and oxygen atoms in total. The quantitative estimate of drug-likeness (QED) is 0.189. The lowest BCUT2D eigenvalue weighted by Crippen LogP contribution is -2.50. The third kappa shape index (κ3) is 6.46. The minimum Gasteiger partial charge on any atom is -0.496 e. The molecule has 0 spiro atoms. The van der Waals surface area contributed by atoms with Gasteiger partial charge in [-0.25, -0.2) is 0 Å². The average molecular weight is 562 g/mol. The van der Waals surface area contributed by atoms with Crippen LogP contribution in [0.5, 0.6) is 5.75 Å². The van der Waals surface area contributed by atoms with Crippen molar-refractivity contribution in [2.45, 2.75) is 6.92 Å². The van der Waals surface area contributed by atoms with Crippen LogP contribution in [0.25, 0.3) is 6.08 Å². The highest BCUT2D eigenvalue weighted by molar-refractivity contribution is 9.10. The van der Waals surface area contributed by atoms with Crippen LogP contribution in [0.2, 0.25) is 0 Å². The van der Waals surface area contributed by atoms with E-state index in [9.17, 15) is 14.4 Å². The molecule has 1 heterocycles. The third-order valence-corrected chi connectivity index (χ3v) is 6.70. The summed E-state index contributed by atoms with van der Waals surface area (Å²) in [4.78, 5) is 42.4. The van der Waals surface area contributed by atoms with Gasteiger partial charge in [-0.15, -0.1) is 0 Å². The van der Waals surface area contributed by atoms with Gasteiger partial charge in [0, 0.05) is 53.2 Å². The lowest BCUT2D eigenvalue weighted by atomic mass is 10.1. The van der Waals surface area contributed by atoms with Gasteiger partial charge in [-0.2, -0.15) is 0 Å². The molecule has 0 atom stereocenters. The highest BCUT2D eigenvalue weighted by Gasteiger charge is 2.28. The Labute approximate surface area is 224 Å². The molecule has 3 aromatic rings.